The Balaban J connectivity index is 0. The van der Waals surface area contributed by atoms with Crippen LogP contribution in [0.3, 0.4) is 0 Å². The van der Waals surface area contributed by atoms with Crippen LogP contribution in [0.2, 0.25) is 0 Å². The zero-order valence-corrected chi connectivity index (χ0v) is 23.6. The standard InChI is InChI=1S/C23H48O4S.K/c1-3-5-6-7-8-9-10-11-12-13-14-15-19-22(24)20-16-17-21-23(18-4-2)28(25,26)27;/h22-24H,3-21H2,1-2H3,(H,25,26,27);/q;+1/p-1. The van der Waals surface area contributed by atoms with E-state index in [4.69, 9.17) is 0 Å². The van der Waals surface area contributed by atoms with E-state index < -0.39 is 15.4 Å². The molecule has 0 aromatic heterocycles. The number of rotatable bonds is 21. The first kappa shape index (κ1) is 32.7. The molecule has 0 heterocycles. The molecule has 1 N–H and O–H groups in total. The molecule has 0 fully saturated rings. The molecular formula is C23H47KO4S. The minimum atomic E-state index is -4.18. The van der Waals surface area contributed by atoms with Gasteiger partial charge in [-0.15, -0.1) is 0 Å². The van der Waals surface area contributed by atoms with Gasteiger partial charge in [0, 0.05) is 5.25 Å². The van der Waals surface area contributed by atoms with E-state index in [0.717, 1.165) is 25.7 Å². The van der Waals surface area contributed by atoms with E-state index in [1.54, 1.807) is 0 Å². The van der Waals surface area contributed by atoms with Crippen molar-refractivity contribution in [3.63, 3.8) is 0 Å². The molecule has 0 aromatic rings. The quantitative estimate of drug-likeness (QED) is 0.162. The third kappa shape index (κ3) is 22.5. The number of hydrogen-bond acceptors (Lipinski definition) is 4. The molecule has 0 rings (SSSR count). The Kier molecular flexibility index (Phi) is 25.6. The summed E-state index contributed by atoms with van der Waals surface area (Å²) in [6.45, 7) is 4.16. The van der Waals surface area contributed by atoms with Crippen molar-refractivity contribution in [2.24, 2.45) is 0 Å². The molecule has 0 saturated carbocycles. The molecule has 29 heavy (non-hydrogen) atoms. The van der Waals surface area contributed by atoms with Gasteiger partial charge in [0.2, 0.25) is 0 Å². The molecule has 0 amide bonds. The summed E-state index contributed by atoms with van der Waals surface area (Å²) < 4.78 is 33.6. The predicted molar refractivity (Wildman–Crippen MR) is 119 cm³/mol. The third-order valence-electron chi connectivity index (χ3n) is 5.72. The van der Waals surface area contributed by atoms with Gasteiger partial charge >= 0.3 is 51.4 Å². The summed E-state index contributed by atoms with van der Waals surface area (Å²) >= 11 is 0. The second kappa shape index (κ2) is 22.7. The molecule has 4 nitrogen and oxygen atoms in total. The summed E-state index contributed by atoms with van der Waals surface area (Å²) in [5.74, 6) is 0. The molecular weight excluding hydrogens is 411 g/mol. The van der Waals surface area contributed by atoms with Crippen LogP contribution in [-0.4, -0.2) is 29.4 Å². The Morgan fingerprint density at radius 2 is 1.00 bits per heavy atom. The van der Waals surface area contributed by atoms with Crippen LogP contribution in [0.5, 0.6) is 0 Å². The van der Waals surface area contributed by atoms with Crippen LogP contribution in [0, 0.1) is 0 Å². The molecule has 0 saturated heterocycles. The summed E-state index contributed by atoms with van der Waals surface area (Å²) in [5, 5.41) is 9.31. The van der Waals surface area contributed by atoms with Crippen LogP contribution in [-0.2, 0) is 10.1 Å². The SMILES string of the molecule is CCCCCCCCCCCCCCC(O)CCCCC(CCC)S(=O)(=O)[O-].[K+]. The smallest absolute Gasteiger partial charge is 0.748 e. The van der Waals surface area contributed by atoms with Gasteiger partial charge in [-0.25, -0.2) is 8.42 Å². The van der Waals surface area contributed by atoms with Crippen LogP contribution in [0.15, 0.2) is 0 Å². The molecule has 0 aromatic carbocycles. The van der Waals surface area contributed by atoms with Crippen molar-refractivity contribution in [2.45, 2.75) is 147 Å². The summed E-state index contributed by atoms with van der Waals surface area (Å²) in [4.78, 5) is 0. The maximum atomic E-state index is 11.2. The van der Waals surface area contributed by atoms with E-state index in [9.17, 15) is 18.1 Å². The number of unbranched alkanes of at least 4 members (excludes halogenated alkanes) is 12. The minimum absolute atomic E-state index is 0. The van der Waals surface area contributed by atoms with E-state index in [0.29, 0.717) is 25.7 Å². The van der Waals surface area contributed by atoms with Gasteiger partial charge in [-0.2, -0.15) is 0 Å². The fourth-order valence-corrected chi connectivity index (χ4v) is 4.85. The second-order valence-electron chi connectivity index (χ2n) is 8.52. The first-order valence-electron chi connectivity index (χ1n) is 12.0. The predicted octanol–water partition coefficient (Wildman–Crippen LogP) is 3.72. The first-order chi connectivity index (χ1) is 13.4. The van der Waals surface area contributed by atoms with Gasteiger partial charge < -0.3 is 9.66 Å². The Morgan fingerprint density at radius 1 is 0.621 bits per heavy atom. The fraction of sp³-hybridized carbons (Fsp3) is 1.00. The van der Waals surface area contributed by atoms with E-state index in [1.807, 2.05) is 6.92 Å². The van der Waals surface area contributed by atoms with E-state index in [2.05, 4.69) is 6.92 Å². The Morgan fingerprint density at radius 3 is 1.41 bits per heavy atom. The topological polar surface area (TPSA) is 77.4 Å². The Hall–Kier alpha value is 1.51. The molecule has 0 radical (unpaired) electrons. The van der Waals surface area contributed by atoms with Crippen LogP contribution >= 0.6 is 0 Å². The molecule has 0 aliphatic carbocycles. The van der Waals surface area contributed by atoms with Gasteiger partial charge in [0.05, 0.1) is 16.2 Å². The van der Waals surface area contributed by atoms with Crippen molar-refractivity contribution < 1.29 is 69.5 Å². The Bertz CT molecular complexity index is 429. The number of aliphatic hydroxyl groups is 1. The normalized spacial score (nSPS) is 13.8. The summed E-state index contributed by atoms with van der Waals surface area (Å²) in [6.07, 6.45) is 20.2. The van der Waals surface area contributed by atoms with E-state index >= 15 is 0 Å². The Labute approximate surface area is 224 Å². The van der Waals surface area contributed by atoms with E-state index in [-0.39, 0.29) is 57.5 Å². The largest absolute Gasteiger partial charge is 1.00 e. The molecule has 0 spiro atoms. The zero-order chi connectivity index (χ0) is 21.1. The van der Waals surface area contributed by atoms with Gasteiger partial charge in [-0.1, -0.05) is 110 Å². The van der Waals surface area contributed by atoms with Gasteiger partial charge in [0.15, 0.2) is 0 Å². The van der Waals surface area contributed by atoms with Crippen LogP contribution in [0.4, 0.5) is 0 Å². The molecule has 6 heteroatoms. The van der Waals surface area contributed by atoms with Crippen molar-refractivity contribution in [1.29, 1.82) is 0 Å². The number of hydrogen-bond donors (Lipinski definition) is 1. The van der Waals surface area contributed by atoms with Gasteiger partial charge in [-0.05, 0) is 25.7 Å². The van der Waals surface area contributed by atoms with Crippen LogP contribution < -0.4 is 51.4 Å². The van der Waals surface area contributed by atoms with Crippen LogP contribution in [0.25, 0.3) is 0 Å². The average molecular weight is 459 g/mol. The molecule has 0 aliphatic rings. The third-order valence-corrected chi connectivity index (χ3v) is 7.01. The van der Waals surface area contributed by atoms with Crippen molar-refractivity contribution in [1.82, 2.24) is 0 Å². The minimum Gasteiger partial charge on any atom is -0.748 e. The summed E-state index contributed by atoms with van der Waals surface area (Å²) in [6, 6.07) is 0. The molecule has 170 valence electrons. The maximum absolute atomic E-state index is 11.2. The molecule has 2 unspecified atom stereocenters. The molecule has 0 aliphatic heterocycles. The van der Waals surface area contributed by atoms with Crippen molar-refractivity contribution in [3.05, 3.63) is 0 Å². The second-order valence-corrected chi connectivity index (χ2v) is 10.2. The van der Waals surface area contributed by atoms with E-state index in [1.165, 1.54) is 70.6 Å². The molecule has 0 bridgehead atoms. The van der Waals surface area contributed by atoms with Crippen molar-refractivity contribution >= 4 is 10.1 Å². The van der Waals surface area contributed by atoms with Crippen molar-refractivity contribution in [3.8, 4) is 0 Å². The summed E-state index contributed by atoms with van der Waals surface area (Å²) in [7, 11) is -4.18. The average Bonchev–Trinajstić information content (AvgIpc) is 2.64. The van der Waals surface area contributed by atoms with Crippen molar-refractivity contribution in [2.75, 3.05) is 0 Å². The van der Waals surface area contributed by atoms with Crippen LogP contribution in [0.1, 0.15) is 136 Å². The van der Waals surface area contributed by atoms with Gasteiger partial charge in [0.25, 0.3) is 0 Å². The summed E-state index contributed by atoms with van der Waals surface area (Å²) in [5.41, 5.74) is 0. The fourth-order valence-electron chi connectivity index (χ4n) is 3.87. The maximum Gasteiger partial charge on any atom is 1.00 e. The number of aliphatic hydroxyl groups excluding tert-OH is 1. The zero-order valence-electron chi connectivity index (χ0n) is 19.7. The van der Waals surface area contributed by atoms with Gasteiger partial charge in [-0.3, -0.25) is 0 Å². The monoisotopic (exact) mass is 458 g/mol. The van der Waals surface area contributed by atoms with Gasteiger partial charge in [0.1, 0.15) is 0 Å². The molecule has 2 atom stereocenters. The first-order valence-corrected chi connectivity index (χ1v) is 13.5.